The summed E-state index contributed by atoms with van der Waals surface area (Å²) in [6.45, 7) is 6.78. The molecule has 2 unspecified atom stereocenters. The fourth-order valence-corrected chi connectivity index (χ4v) is 3.45. The lowest BCUT2D eigenvalue weighted by molar-refractivity contribution is 0.235. The zero-order chi connectivity index (χ0) is 12.4. The highest BCUT2D eigenvalue weighted by molar-refractivity contribution is 7.09. The number of hydrogen-bond acceptors (Lipinski definition) is 4. The molecule has 1 N–H and O–H groups in total. The zero-order valence-electron chi connectivity index (χ0n) is 10.9. The molecule has 0 bridgehead atoms. The molecule has 2 atom stereocenters. The molecule has 0 radical (unpaired) electrons. The lowest BCUT2D eigenvalue weighted by Gasteiger charge is -2.15. The minimum Gasteiger partial charge on any atom is -0.396 e. The minimum atomic E-state index is 0.194. The Bertz CT molecular complexity index is 364. The quantitative estimate of drug-likeness (QED) is 0.895. The molecule has 0 spiro atoms. The first-order chi connectivity index (χ1) is 8.11. The molecule has 0 saturated carbocycles. The fourth-order valence-electron chi connectivity index (χ4n) is 2.44. The highest BCUT2D eigenvalue weighted by Gasteiger charge is 2.25. The maximum Gasteiger partial charge on any atom is 0.0972 e. The Balaban J connectivity index is 2.10. The second kappa shape index (κ2) is 5.46. The van der Waals surface area contributed by atoms with Crippen LogP contribution in [-0.2, 0) is 0 Å². The molecule has 3 nitrogen and oxygen atoms in total. The van der Waals surface area contributed by atoms with E-state index in [9.17, 15) is 5.11 Å². The average molecular weight is 254 g/mol. The molecule has 0 amide bonds. The largest absolute Gasteiger partial charge is 0.396 e. The lowest BCUT2D eigenvalue weighted by Crippen LogP contribution is -2.14. The summed E-state index contributed by atoms with van der Waals surface area (Å²) in [5.74, 6) is 1.24. The summed E-state index contributed by atoms with van der Waals surface area (Å²) in [5.41, 5.74) is 1.08. The lowest BCUT2D eigenvalue weighted by atomic mass is 9.94. The van der Waals surface area contributed by atoms with Crippen molar-refractivity contribution in [2.24, 2.45) is 5.92 Å². The number of likely N-dealkylation sites (N-methyl/N-ethyl adjacent to an activating group) is 1. The van der Waals surface area contributed by atoms with E-state index in [1.807, 2.05) is 0 Å². The third kappa shape index (κ3) is 2.87. The number of thiazole rings is 1. The number of aliphatic hydroxyl groups is 1. The van der Waals surface area contributed by atoms with Crippen molar-refractivity contribution in [3.8, 4) is 0 Å². The van der Waals surface area contributed by atoms with E-state index in [1.54, 1.807) is 11.3 Å². The molecule has 1 aromatic heterocycles. The van der Waals surface area contributed by atoms with Crippen molar-refractivity contribution in [3.63, 3.8) is 0 Å². The van der Waals surface area contributed by atoms with Gasteiger partial charge in [-0.15, -0.1) is 11.3 Å². The summed E-state index contributed by atoms with van der Waals surface area (Å²) in [7, 11) is 2.17. The van der Waals surface area contributed by atoms with Gasteiger partial charge in [-0.2, -0.15) is 0 Å². The molecule has 4 heteroatoms. The van der Waals surface area contributed by atoms with Gasteiger partial charge < -0.3 is 10.0 Å². The summed E-state index contributed by atoms with van der Waals surface area (Å²) >= 11 is 1.76. The smallest absolute Gasteiger partial charge is 0.0972 e. The van der Waals surface area contributed by atoms with Crippen LogP contribution in [-0.4, -0.2) is 41.7 Å². The van der Waals surface area contributed by atoms with Crippen LogP contribution in [0.4, 0.5) is 0 Å². The second-order valence-electron chi connectivity index (χ2n) is 5.39. The molecule has 1 saturated heterocycles. The minimum absolute atomic E-state index is 0.194. The maximum atomic E-state index is 9.42. The number of rotatable bonds is 4. The van der Waals surface area contributed by atoms with Crippen LogP contribution in [0.3, 0.4) is 0 Å². The van der Waals surface area contributed by atoms with Crippen molar-refractivity contribution in [3.05, 3.63) is 16.1 Å². The van der Waals surface area contributed by atoms with Crippen molar-refractivity contribution >= 4 is 11.3 Å². The number of hydrogen-bond donors (Lipinski definition) is 1. The molecule has 17 heavy (non-hydrogen) atoms. The molecule has 96 valence electrons. The van der Waals surface area contributed by atoms with Crippen LogP contribution in [0.15, 0.2) is 5.38 Å². The predicted octanol–water partition coefficient (Wildman–Crippen LogP) is 2.29. The van der Waals surface area contributed by atoms with E-state index in [1.165, 1.54) is 18.0 Å². The summed E-state index contributed by atoms with van der Waals surface area (Å²) in [6.07, 6.45) is 1.22. The fraction of sp³-hybridized carbons (Fsp3) is 0.769. The summed E-state index contributed by atoms with van der Waals surface area (Å²) in [6, 6.07) is 0. The highest BCUT2D eigenvalue weighted by atomic mass is 32.1. The Labute approximate surface area is 107 Å². The summed E-state index contributed by atoms with van der Waals surface area (Å²) < 4.78 is 0. The SMILES string of the molecule is CC(C)C(CO)c1csc(C2CCN(C)C2)n1. The average Bonchev–Trinajstić information content (AvgIpc) is 2.87. The van der Waals surface area contributed by atoms with Crippen molar-refractivity contribution in [2.45, 2.75) is 32.1 Å². The van der Waals surface area contributed by atoms with Crippen molar-refractivity contribution in [1.82, 2.24) is 9.88 Å². The first-order valence-corrected chi connectivity index (χ1v) is 7.24. The van der Waals surface area contributed by atoms with E-state index in [2.05, 4.69) is 31.2 Å². The van der Waals surface area contributed by atoms with Gasteiger partial charge in [0, 0.05) is 23.8 Å². The summed E-state index contributed by atoms with van der Waals surface area (Å²) in [5, 5.41) is 12.8. The highest BCUT2D eigenvalue weighted by Crippen LogP contribution is 2.32. The Morgan fingerprint density at radius 1 is 1.59 bits per heavy atom. The number of aliphatic hydroxyl groups excluding tert-OH is 1. The van der Waals surface area contributed by atoms with Crippen LogP contribution >= 0.6 is 11.3 Å². The van der Waals surface area contributed by atoms with E-state index in [0.29, 0.717) is 11.8 Å². The van der Waals surface area contributed by atoms with Crippen LogP contribution in [0.5, 0.6) is 0 Å². The molecule has 2 rings (SSSR count). The van der Waals surface area contributed by atoms with Gasteiger partial charge in [0.25, 0.3) is 0 Å². The number of likely N-dealkylation sites (tertiary alicyclic amines) is 1. The molecule has 1 aliphatic rings. The van der Waals surface area contributed by atoms with Gasteiger partial charge >= 0.3 is 0 Å². The first-order valence-electron chi connectivity index (χ1n) is 6.36. The summed E-state index contributed by atoms with van der Waals surface area (Å²) in [4.78, 5) is 7.11. The topological polar surface area (TPSA) is 36.4 Å². The van der Waals surface area contributed by atoms with Crippen LogP contribution in [0, 0.1) is 5.92 Å². The maximum absolute atomic E-state index is 9.42. The van der Waals surface area contributed by atoms with Crippen LogP contribution < -0.4 is 0 Å². The third-order valence-corrected chi connectivity index (χ3v) is 4.69. The molecular formula is C13H22N2OS. The van der Waals surface area contributed by atoms with Crippen LogP contribution in [0.25, 0.3) is 0 Å². The number of nitrogens with zero attached hydrogens (tertiary/aromatic N) is 2. The van der Waals surface area contributed by atoms with Gasteiger partial charge in [0.15, 0.2) is 0 Å². The zero-order valence-corrected chi connectivity index (χ0v) is 11.7. The molecule has 2 heterocycles. The van der Waals surface area contributed by atoms with Gasteiger partial charge in [-0.25, -0.2) is 4.98 Å². The Morgan fingerprint density at radius 3 is 2.88 bits per heavy atom. The van der Waals surface area contributed by atoms with Crippen LogP contribution in [0.1, 0.15) is 42.8 Å². The van der Waals surface area contributed by atoms with E-state index in [-0.39, 0.29) is 12.5 Å². The van der Waals surface area contributed by atoms with E-state index >= 15 is 0 Å². The monoisotopic (exact) mass is 254 g/mol. The third-order valence-electron chi connectivity index (χ3n) is 3.66. The van der Waals surface area contributed by atoms with Gasteiger partial charge in [-0.3, -0.25) is 0 Å². The molecule has 1 fully saturated rings. The number of aromatic nitrogens is 1. The first kappa shape index (κ1) is 13.0. The van der Waals surface area contributed by atoms with Gasteiger partial charge in [-0.05, 0) is 25.9 Å². The standard InChI is InChI=1S/C13H22N2OS/c1-9(2)11(7-16)12-8-17-13(14-12)10-4-5-15(3)6-10/h8-11,16H,4-7H2,1-3H3. The van der Waals surface area contributed by atoms with Gasteiger partial charge in [0.05, 0.1) is 17.3 Å². The van der Waals surface area contributed by atoms with E-state index in [0.717, 1.165) is 12.2 Å². The molecule has 0 aliphatic carbocycles. The van der Waals surface area contributed by atoms with Gasteiger partial charge in [-0.1, -0.05) is 13.8 Å². The Hall–Kier alpha value is -0.450. The molecule has 1 aromatic rings. The molecular weight excluding hydrogens is 232 g/mol. The van der Waals surface area contributed by atoms with E-state index < -0.39 is 0 Å². The van der Waals surface area contributed by atoms with Gasteiger partial charge in [0.1, 0.15) is 0 Å². The molecule has 1 aliphatic heterocycles. The van der Waals surface area contributed by atoms with Crippen LogP contribution in [0.2, 0.25) is 0 Å². The normalized spacial score (nSPS) is 23.5. The van der Waals surface area contributed by atoms with Gasteiger partial charge in [0.2, 0.25) is 0 Å². The van der Waals surface area contributed by atoms with E-state index in [4.69, 9.17) is 4.98 Å². The van der Waals surface area contributed by atoms with Crippen molar-refractivity contribution < 1.29 is 5.11 Å². The van der Waals surface area contributed by atoms with Crippen molar-refractivity contribution in [2.75, 3.05) is 26.7 Å². The molecule has 0 aromatic carbocycles. The predicted molar refractivity (Wildman–Crippen MR) is 71.6 cm³/mol. The van der Waals surface area contributed by atoms with Crippen molar-refractivity contribution in [1.29, 1.82) is 0 Å². The Kier molecular flexibility index (Phi) is 4.17. The Morgan fingerprint density at radius 2 is 2.35 bits per heavy atom. The second-order valence-corrected chi connectivity index (χ2v) is 6.28.